The number of oxazole rings is 1. The molecule has 0 radical (unpaired) electrons. The van der Waals surface area contributed by atoms with Crippen molar-refractivity contribution in [1.82, 2.24) is 15.0 Å². The van der Waals surface area contributed by atoms with Crippen molar-refractivity contribution in [3.8, 4) is 11.4 Å². The van der Waals surface area contributed by atoms with Crippen molar-refractivity contribution < 1.29 is 4.42 Å². The summed E-state index contributed by atoms with van der Waals surface area (Å²) in [6.45, 7) is 1.73. The second-order valence-corrected chi connectivity index (χ2v) is 4.53. The molecule has 0 saturated heterocycles. The van der Waals surface area contributed by atoms with Gasteiger partial charge in [-0.25, -0.2) is 9.97 Å². The van der Waals surface area contributed by atoms with Gasteiger partial charge in [0.2, 0.25) is 0 Å². The van der Waals surface area contributed by atoms with E-state index in [2.05, 4.69) is 15.0 Å². The summed E-state index contributed by atoms with van der Waals surface area (Å²) in [5.74, 6) is 0.968. The maximum Gasteiger partial charge on any atom is 0.252 e. The van der Waals surface area contributed by atoms with E-state index in [1.54, 1.807) is 19.1 Å². The molecule has 0 bridgehead atoms. The van der Waals surface area contributed by atoms with Crippen LogP contribution in [-0.2, 0) is 0 Å². The Labute approximate surface area is 113 Å². The Morgan fingerprint density at radius 2 is 1.94 bits per heavy atom. The fraction of sp³-hybridized carbons (Fsp3) is 0.0833. The van der Waals surface area contributed by atoms with Gasteiger partial charge >= 0.3 is 0 Å². The normalized spacial score (nSPS) is 11.1. The molecule has 2 aromatic heterocycles. The first-order valence-corrected chi connectivity index (χ1v) is 5.96. The van der Waals surface area contributed by atoms with Crippen LogP contribution in [0.5, 0.6) is 0 Å². The number of rotatable bonds is 1. The van der Waals surface area contributed by atoms with Crippen LogP contribution in [0.2, 0.25) is 10.2 Å². The summed E-state index contributed by atoms with van der Waals surface area (Å²) in [7, 11) is 0. The molecular formula is C12H7Cl2N3O. The summed E-state index contributed by atoms with van der Waals surface area (Å²) in [4.78, 5) is 12.6. The van der Waals surface area contributed by atoms with Crippen LogP contribution in [0, 0.1) is 6.92 Å². The van der Waals surface area contributed by atoms with Gasteiger partial charge in [0.15, 0.2) is 22.4 Å². The van der Waals surface area contributed by atoms with Gasteiger partial charge < -0.3 is 4.42 Å². The lowest BCUT2D eigenvalue weighted by Gasteiger charge is -2.00. The Kier molecular flexibility index (Phi) is 2.69. The van der Waals surface area contributed by atoms with Crippen LogP contribution in [0.4, 0.5) is 0 Å². The maximum absolute atomic E-state index is 6.06. The monoisotopic (exact) mass is 279 g/mol. The average Bonchev–Trinajstić information content (AvgIpc) is 2.70. The molecule has 0 saturated carbocycles. The van der Waals surface area contributed by atoms with E-state index in [1.165, 1.54) is 0 Å². The van der Waals surface area contributed by atoms with Gasteiger partial charge in [0, 0.05) is 17.5 Å². The van der Waals surface area contributed by atoms with Crippen molar-refractivity contribution in [2.45, 2.75) is 6.92 Å². The second-order valence-electron chi connectivity index (χ2n) is 3.74. The van der Waals surface area contributed by atoms with Gasteiger partial charge in [-0.1, -0.05) is 35.3 Å². The minimum absolute atomic E-state index is 0.270. The Bertz CT molecular complexity index is 739. The van der Waals surface area contributed by atoms with Crippen LogP contribution in [0.3, 0.4) is 0 Å². The zero-order chi connectivity index (χ0) is 12.7. The molecule has 0 aliphatic carbocycles. The van der Waals surface area contributed by atoms with E-state index in [1.807, 2.05) is 12.1 Å². The van der Waals surface area contributed by atoms with Crippen LogP contribution in [0.15, 0.2) is 28.7 Å². The van der Waals surface area contributed by atoms with E-state index >= 15 is 0 Å². The Balaban J connectivity index is 2.24. The highest BCUT2D eigenvalue weighted by Crippen LogP contribution is 2.26. The van der Waals surface area contributed by atoms with Gasteiger partial charge in [-0.15, -0.1) is 0 Å². The third-order valence-electron chi connectivity index (χ3n) is 2.41. The molecule has 0 fully saturated rings. The highest BCUT2D eigenvalue weighted by molar-refractivity contribution is 6.33. The van der Waals surface area contributed by atoms with Crippen molar-refractivity contribution in [2.75, 3.05) is 0 Å². The Hall–Kier alpha value is -1.65. The molecule has 1 aromatic carbocycles. The lowest BCUT2D eigenvalue weighted by Crippen LogP contribution is -1.90. The zero-order valence-electron chi connectivity index (χ0n) is 9.32. The quantitative estimate of drug-likeness (QED) is 0.634. The van der Waals surface area contributed by atoms with Crippen molar-refractivity contribution in [3.63, 3.8) is 0 Å². The molecule has 2 heterocycles. The van der Waals surface area contributed by atoms with Crippen molar-refractivity contribution in [3.05, 3.63) is 40.3 Å². The van der Waals surface area contributed by atoms with Gasteiger partial charge in [-0.05, 0) is 12.1 Å². The van der Waals surface area contributed by atoms with Gasteiger partial charge in [-0.3, -0.25) is 0 Å². The molecule has 0 N–H and O–H groups in total. The number of benzene rings is 1. The number of nitrogens with zero attached hydrogens (tertiary/aromatic N) is 3. The number of aromatic nitrogens is 3. The van der Waals surface area contributed by atoms with Crippen LogP contribution in [-0.4, -0.2) is 15.0 Å². The fourth-order valence-corrected chi connectivity index (χ4v) is 2.04. The molecule has 0 atom stereocenters. The standard InChI is InChI=1S/C12H7Cl2N3O/c1-6-15-9-10(14)16-11(17-12(9)18-6)7-3-2-4-8(13)5-7/h2-5H,1H3. The first-order chi connectivity index (χ1) is 8.63. The van der Waals surface area contributed by atoms with Gasteiger partial charge in [0.25, 0.3) is 5.71 Å². The molecule has 0 amide bonds. The summed E-state index contributed by atoms with van der Waals surface area (Å²) in [6, 6.07) is 7.23. The topological polar surface area (TPSA) is 51.8 Å². The Morgan fingerprint density at radius 1 is 1.11 bits per heavy atom. The number of fused-ring (bicyclic) bond motifs is 1. The SMILES string of the molecule is Cc1nc2c(Cl)nc(-c3cccc(Cl)c3)nc2o1. The largest absolute Gasteiger partial charge is 0.422 e. The molecule has 3 rings (SSSR count). The summed E-state index contributed by atoms with van der Waals surface area (Å²) in [5.41, 5.74) is 1.63. The predicted octanol–water partition coefficient (Wildman–Crippen LogP) is 3.90. The summed E-state index contributed by atoms with van der Waals surface area (Å²) in [5, 5.41) is 0.882. The minimum Gasteiger partial charge on any atom is -0.422 e. The first-order valence-electron chi connectivity index (χ1n) is 5.20. The van der Waals surface area contributed by atoms with Crippen molar-refractivity contribution in [2.24, 2.45) is 0 Å². The molecule has 18 heavy (non-hydrogen) atoms. The lowest BCUT2D eigenvalue weighted by molar-refractivity contribution is 0.551. The third-order valence-corrected chi connectivity index (χ3v) is 2.90. The van der Waals surface area contributed by atoms with Crippen LogP contribution < -0.4 is 0 Å². The molecule has 0 aliphatic heterocycles. The van der Waals surface area contributed by atoms with Crippen LogP contribution >= 0.6 is 23.2 Å². The number of halogens is 2. The number of aryl methyl sites for hydroxylation is 1. The predicted molar refractivity (Wildman–Crippen MR) is 69.8 cm³/mol. The Morgan fingerprint density at radius 3 is 2.72 bits per heavy atom. The van der Waals surface area contributed by atoms with E-state index in [9.17, 15) is 0 Å². The average molecular weight is 280 g/mol. The number of hydrogen-bond acceptors (Lipinski definition) is 4. The zero-order valence-corrected chi connectivity index (χ0v) is 10.8. The van der Waals surface area contributed by atoms with E-state index in [0.717, 1.165) is 5.56 Å². The number of hydrogen-bond donors (Lipinski definition) is 0. The smallest absolute Gasteiger partial charge is 0.252 e. The maximum atomic E-state index is 6.06. The highest BCUT2D eigenvalue weighted by Gasteiger charge is 2.13. The third kappa shape index (κ3) is 1.94. The molecule has 6 heteroatoms. The lowest BCUT2D eigenvalue weighted by atomic mass is 10.2. The van der Waals surface area contributed by atoms with E-state index in [0.29, 0.717) is 28.0 Å². The molecule has 0 spiro atoms. The molecule has 4 nitrogen and oxygen atoms in total. The summed E-state index contributed by atoms with van der Waals surface area (Å²) >= 11 is 12.0. The first kappa shape index (κ1) is 11.4. The van der Waals surface area contributed by atoms with Crippen LogP contribution in [0.1, 0.15) is 5.89 Å². The van der Waals surface area contributed by atoms with Crippen molar-refractivity contribution in [1.29, 1.82) is 0 Å². The summed E-state index contributed by atoms with van der Waals surface area (Å²) < 4.78 is 5.36. The molecule has 0 unspecified atom stereocenters. The van der Waals surface area contributed by atoms with E-state index in [-0.39, 0.29) is 5.15 Å². The van der Waals surface area contributed by atoms with Crippen LogP contribution in [0.25, 0.3) is 22.6 Å². The summed E-state index contributed by atoms with van der Waals surface area (Å²) in [6.07, 6.45) is 0. The fourth-order valence-electron chi connectivity index (χ4n) is 1.65. The highest BCUT2D eigenvalue weighted by atomic mass is 35.5. The van der Waals surface area contributed by atoms with Gasteiger partial charge in [0.05, 0.1) is 0 Å². The molecule has 90 valence electrons. The molecule has 3 aromatic rings. The minimum atomic E-state index is 0.270. The van der Waals surface area contributed by atoms with E-state index in [4.69, 9.17) is 27.6 Å². The van der Waals surface area contributed by atoms with Gasteiger partial charge in [-0.2, -0.15) is 4.98 Å². The van der Waals surface area contributed by atoms with Gasteiger partial charge in [0.1, 0.15) is 0 Å². The second kappa shape index (κ2) is 4.23. The molecule has 0 aliphatic rings. The molecular weight excluding hydrogens is 273 g/mol. The van der Waals surface area contributed by atoms with E-state index < -0.39 is 0 Å². The van der Waals surface area contributed by atoms with Crippen molar-refractivity contribution >= 4 is 34.4 Å².